The van der Waals surface area contributed by atoms with Crippen LogP contribution in [-0.4, -0.2) is 47.0 Å². The van der Waals surface area contributed by atoms with Crippen molar-refractivity contribution < 1.29 is 27.5 Å². The number of halogens is 5. The van der Waals surface area contributed by atoms with Crippen LogP contribution in [0.25, 0.3) is 34.5 Å². The lowest BCUT2D eigenvalue weighted by molar-refractivity contribution is -0.141. The molecule has 0 saturated heterocycles. The van der Waals surface area contributed by atoms with E-state index in [0.717, 1.165) is 23.3 Å². The van der Waals surface area contributed by atoms with Gasteiger partial charge >= 0.3 is 12.1 Å². The number of rotatable bonds is 9. The zero-order valence-corrected chi connectivity index (χ0v) is 26.8. The van der Waals surface area contributed by atoms with Crippen LogP contribution in [0.3, 0.4) is 0 Å². The number of ether oxygens (including phenoxy) is 1. The minimum atomic E-state index is -4.42. The molecule has 0 aliphatic heterocycles. The van der Waals surface area contributed by atoms with Crippen LogP contribution in [0, 0.1) is 0 Å². The number of hydrogen-bond acceptors (Lipinski definition) is 4. The fourth-order valence-electron chi connectivity index (χ4n) is 4.85. The normalized spacial score (nSPS) is 11.6. The largest absolute Gasteiger partial charge is 0.468 e. The van der Waals surface area contributed by atoms with Crippen LogP contribution < -0.4 is 0 Å². The minimum absolute atomic E-state index is 0.161. The standard InChI is InChI=1S/C36H28Cl2F3N3O3/c1-43(22-34(45)47-2)35(46)26-13-8-24(9-14-26)20-44-21-32(30-16-15-29(37)19-31(30)38)42-33(44)17-10-23-6-11-25(12-7-23)27-4-3-5-28(18-27)36(39,40)41/h3-19,21H,20,22H2,1-2H3. The van der Waals surface area contributed by atoms with Crippen LogP contribution in [0.1, 0.15) is 32.9 Å². The summed E-state index contributed by atoms with van der Waals surface area (Å²) in [5, 5.41) is 0.945. The van der Waals surface area contributed by atoms with Crippen molar-refractivity contribution in [3.63, 3.8) is 0 Å². The summed E-state index contributed by atoms with van der Waals surface area (Å²) >= 11 is 12.6. The highest BCUT2D eigenvalue weighted by Gasteiger charge is 2.30. The molecular formula is C36H28Cl2F3N3O3. The van der Waals surface area contributed by atoms with Gasteiger partial charge in [-0.05, 0) is 70.8 Å². The first-order chi connectivity index (χ1) is 22.4. The molecule has 5 rings (SSSR count). The summed E-state index contributed by atoms with van der Waals surface area (Å²) in [6.45, 7) is 0.255. The Morgan fingerprint density at radius 1 is 0.915 bits per heavy atom. The zero-order valence-electron chi connectivity index (χ0n) is 25.3. The average Bonchev–Trinajstić information content (AvgIpc) is 3.45. The number of hydrogen-bond donors (Lipinski definition) is 0. The first kappa shape index (κ1) is 33.5. The van der Waals surface area contributed by atoms with Gasteiger partial charge in [-0.15, -0.1) is 0 Å². The second-order valence-electron chi connectivity index (χ2n) is 10.7. The van der Waals surface area contributed by atoms with E-state index in [-0.39, 0.29) is 12.5 Å². The number of esters is 1. The van der Waals surface area contributed by atoms with Gasteiger partial charge in [0.2, 0.25) is 0 Å². The first-order valence-electron chi connectivity index (χ1n) is 14.3. The van der Waals surface area contributed by atoms with E-state index in [1.807, 2.05) is 47.2 Å². The van der Waals surface area contributed by atoms with Crippen LogP contribution in [0.15, 0.2) is 97.2 Å². The molecule has 11 heteroatoms. The van der Waals surface area contributed by atoms with Crippen molar-refractivity contribution in [2.45, 2.75) is 12.7 Å². The Hall–Kier alpha value is -4.86. The number of methoxy groups -OCH3 is 1. The van der Waals surface area contributed by atoms with Gasteiger partial charge in [0, 0.05) is 35.9 Å². The molecule has 5 aromatic rings. The molecule has 240 valence electrons. The van der Waals surface area contributed by atoms with Crippen molar-refractivity contribution in [2.75, 3.05) is 20.7 Å². The van der Waals surface area contributed by atoms with E-state index in [4.69, 9.17) is 28.2 Å². The number of carbonyl (C=O) groups excluding carboxylic acids is 2. The van der Waals surface area contributed by atoms with Gasteiger partial charge in [-0.2, -0.15) is 13.2 Å². The van der Waals surface area contributed by atoms with Gasteiger partial charge < -0.3 is 14.2 Å². The molecule has 0 radical (unpaired) electrons. The summed E-state index contributed by atoms with van der Waals surface area (Å²) in [7, 11) is 2.79. The maximum atomic E-state index is 13.2. The number of amides is 1. The molecule has 1 amide bonds. The van der Waals surface area contributed by atoms with E-state index in [1.54, 1.807) is 48.5 Å². The first-order valence-corrected chi connectivity index (χ1v) is 15.1. The van der Waals surface area contributed by atoms with Crippen molar-refractivity contribution in [2.24, 2.45) is 0 Å². The monoisotopic (exact) mass is 677 g/mol. The highest BCUT2D eigenvalue weighted by molar-refractivity contribution is 6.36. The van der Waals surface area contributed by atoms with E-state index in [9.17, 15) is 22.8 Å². The molecule has 0 bridgehead atoms. The maximum Gasteiger partial charge on any atom is 0.416 e. The van der Waals surface area contributed by atoms with Gasteiger partial charge in [0.1, 0.15) is 12.4 Å². The van der Waals surface area contributed by atoms with Gasteiger partial charge in [0.05, 0.1) is 23.4 Å². The van der Waals surface area contributed by atoms with Crippen molar-refractivity contribution in [3.05, 3.63) is 135 Å². The van der Waals surface area contributed by atoms with Crippen LogP contribution >= 0.6 is 23.2 Å². The molecule has 6 nitrogen and oxygen atoms in total. The number of nitrogens with zero attached hydrogens (tertiary/aromatic N) is 3. The lowest BCUT2D eigenvalue weighted by Crippen LogP contribution is -2.32. The van der Waals surface area contributed by atoms with Gasteiger partial charge in [0.15, 0.2) is 0 Å². The van der Waals surface area contributed by atoms with Gasteiger partial charge in [-0.3, -0.25) is 9.59 Å². The van der Waals surface area contributed by atoms with E-state index in [0.29, 0.717) is 50.4 Å². The Kier molecular flexibility index (Phi) is 10.2. The molecule has 0 N–H and O–H groups in total. The Balaban J connectivity index is 1.40. The van der Waals surface area contributed by atoms with Crippen molar-refractivity contribution in [1.29, 1.82) is 0 Å². The Morgan fingerprint density at radius 3 is 2.30 bits per heavy atom. The fraction of sp³-hybridized carbons (Fsp3) is 0.139. The third kappa shape index (κ3) is 8.30. The molecule has 1 aromatic heterocycles. The van der Waals surface area contributed by atoms with E-state index in [2.05, 4.69) is 4.74 Å². The predicted molar refractivity (Wildman–Crippen MR) is 178 cm³/mol. The number of likely N-dealkylation sites (N-methyl/N-ethyl adjacent to an activating group) is 1. The SMILES string of the molecule is COC(=O)CN(C)C(=O)c1ccc(Cn2cc(-c3ccc(Cl)cc3Cl)nc2C=Cc2ccc(-c3cccc(C(F)(F)F)c3)cc2)cc1. The molecule has 0 saturated carbocycles. The number of benzene rings is 4. The fourth-order valence-corrected chi connectivity index (χ4v) is 5.35. The molecule has 0 atom stereocenters. The van der Waals surface area contributed by atoms with Crippen molar-refractivity contribution in [1.82, 2.24) is 14.5 Å². The highest BCUT2D eigenvalue weighted by atomic mass is 35.5. The molecule has 0 aliphatic carbocycles. The predicted octanol–water partition coefficient (Wildman–Crippen LogP) is 9.01. The van der Waals surface area contributed by atoms with E-state index < -0.39 is 17.7 Å². The van der Waals surface area contributed by atoms with E-state index >= 15 is 0 Å². The van der Waals surface area contributed by atoms with Gasteiger partial charge in [-0.1, -0.05) is 77.8 Å². The lowest BCUT2D eigenvalue weighted by atomic mass is 10.0. The molecule has 0 fully saturated rings. The second kappa shape index (κ2) is 14.3. The van der Waals surface area contributed by atoms with Crippen LogP contribution in [-0.2, 0) is 22.3 Å². The molecule has 1 heterocycles. The Bertz CT molecular complexity index is 1940. The number of aromatic nitrogens is 2. The second-order valence-corrected chi connectivity index (χ2v) is 11.5. The third-order valence-corrected chi connectivity index (χ3v) is 7.92. The minimum Gasteiger partial charge on any atom is -0.468 e. The molecule has 0 aliphatic rings. The zero-order chi connectivity index (χ0) is 33.7. The topological polar surface area (TPSA) is 64.4 Å². The van der Waals surface area contributed by atoms with Crippen LogP contribution in [0.4, 0.5) is 13.2 Å². The highest BCUT2D eigenvalue weighted by Crippen LogP contribution is 2.33. The number of carbonyl (C=O) groups is 2. The molecule has 4 aromatic carbocycles. The summed E-state index contributed by atoms with van der Waals surface area (Å²) in [5.74, 6) is -0.209. The molecular weight excluding hydrogens is 650 g/mol. The maximum absolute atomic E-state index is 13.2. The van der Waals surface area contributed by atoms with Crippen LogP contribution in [0.2, 0.25) is 10.0 Å². The number of alkyl halides is 3. The summed E-state index contributed by atoms with van der Waals surface area (Å²) < 4.78 is 46.2. The van der Waals surface area contributed by atoms with Gasteiger partial charge in [0.25, 0.3) is 5.91 Å². The smallest absolute Gasteiger partial charge is 0.416 e. The van der Waals surface area contributed by atoms with Crippen LogP contribution in [0.5, 0.6) is 0 Å². The van der Waals surface area contributed by atoms with Crippen molar-refractivity contribution >= 4 is 47.2 Å². The molecule has 0 spiro atoms. The quantitative estimate of drug-likeness (QED) is 0.146. The third-order valence-electron chi connectivity index (χ3n) is 7.37. The number of imidazole rings is 1. The van der Waals surface area contributed by atoms with E-state index in [1.165, 1.54) is 25.1 Å². The van der Waals surface area contributed by atoms with Crippen molar-refractivity contribution in [3.8, 4) is 22.4 Å². The average molecular weight is 679 g/mol. The summed E-state index contributed by atoms with van der Waals surface area (Å²) in [6, 6.07) is 24.6. The Morgan fingerprint density at radius 2 is 1.64 bits per heavy atom. The summed E-state index contributed by atoms with van der Waals surface area (Å²) in [5.41, 5.74) is 3.89. The lowest BCUT2D eigenvalue weighted by Gasteiger charge is -2.16. The summed E-state index contributed by atoms with van der Waals surface area (Å²) in [4.78, 5) is 30.4. The molecule has 0 unspecified atom stereocenters. The Labute approximate surface area is 279 Å². The summed E-state index contributed by atoms with van der Waals surface area (Å²) in [6.07, 6.45) is 1.15. The van der Waals surface area contributed by atoms with Gasteiger partial charge in [-0.25, -0.2) is 4.98 Å². The molecule has 47 heavy (non-hydrogen) atoms.